The van der Waals surface area contributed by atoms with Gasteiger partial charge in [-0.25, -0.2) is 4.79 Å². The van der Waals surface area contributed by atoms with Gasteiger partial charge in [0.2, 0.25) is 0 Å². The molecular formula is C35H36N4O3S. The zero-order valence-corrected chi connectivity index (χ0v) is 26.1. The average molecular weight is 593 g/mol. The van der Waals surface area contributed by atoms with E-state index >= 15 is 0 Å². The number of fused-ring (bicyclic) bond motifs is 6. The van der Waals surface area contributed by atoms with E-state index in [4.69, 9.17) is 21.7 Å². The maximum atomic E-state index is 13.6. The molecule has 6 rings (SSSR count). The molecule has 43 heavy (non-hydrogen) atoms. The molecule has 2 aliphatic heterocycles. The minimum atomic E-state index is -1.13. The molecule has 0 saturated heterocycles. The predicted molar refractivity (Wildman–Crippen MR) is 177 cm³/mol. The summed E-state index contributed by atoms with van der Waals surface area (Å²) in [5.74, 6) is 1.41. The van der Waals surface area contributed by atoms with Gasteiger partial charge in [0.1, 0.15) is 11.5 Å². The Labute approximate surface area is 258 Å². The number of ether oxygens (including phenoxy) is 2. The van der Waals surface area contributed by atoms with Crippen LogP contribution in [-0.2, 0) is 16.9 Å². The zero-order valence-electron chi connectivity index (χ0n) is 25.3. The van der Waals surface area contributed by atoms with Gasteiger partial charge >= 0.3 is 5.97 Å². The highest BCUT2D eigenvalue weighted by molar-refractivity contribution is 7.80. The standard InChI is InChI=1S/C35H36N4O3S/c1-21(2)23-9-7-22(8-10-23)20-36-34(43)37-24-11-14-28-27(17-24)33(40)42-35(28)29-15-12-25(38(3)4)18-31(29)41-32-19-26(39(5)6)13-16-30(32)35/h7-19,21H,20H2,1-6H3,(H2,36,37,43). The highest BCUT2D eigenvalue weighted by atomic mass is 32.1. The van der Waals surface area contributed by atoms with Crippen LogP contribution in [-0.4, -0.2) is 39.3 Å². The fourth-order valence-electron chi connectivity index (χ4n) is 5.72. The first kappa shape index (κ1) is 28.6. The summed E-state index contributed by atoms with van der Waals surface area (Å²) in [6.45, 7) is 4.96. The summed E-state index contributed by atoms with van der Waals surface area (Å²) < 4.78 is 12.9. The Bertz CT molecular complexity index is 1670. The number of benzene rings is 4. The Morgan fingerprint density at radius 1 is 0.814 bits per heavy atom. The second kappa shape index (κ2) is 10.9. The van der Waals surface area contributed by atoms with Gasteiger partial charge in [0, 0.05) is 80.6 Å². The highest BCUT2D eigenvalue weighted by Crippen LogP contribution is 2.57. The number of thiocarbonyl (C=S) groups is 1. The summed E-state index contributed by atoms with van der Waals surface area (Å²) in [5.41, 5.74) is 6.83. The van der Waals surface area contributed by atoms with Crippen LogP contribution in [0.15, 0.2) is 78.9 Å². The molecule has 8 heteroatoms. The first-order chi connectivity index (χ1) is 20.6. The predicted octanol–water partition coefficient (Wildman–Crippen LogP) is 7.00. The first-order valence-corrected chi connectivity index (χ1v) is 14.8. The molecule has 1 spiro atoms. The smallest absolute Gasteiger partial charge is 0.340 e. The lowest BCUT2D eigenvalue weighted by molar-refractivity contribution is 0.0224. The fourth-order valence-corrected chi connectivity index (χ4v) is 5.91. The number of nitrogens with zero attached hydrogens (tertiary/aromatic N) is 2. The van der Waals surface area contributed by atoms with Gasteiger partial charge in [-0.2, -0.15) is 0 Å². The van der Waals surface area contributed by atoms with Crippen LogP contribution in [0.2, 0.25) is 0 Å². The fraction of sp³-hybridized carbons (Fsp3) is 0.257. The van der Waals surface area contributed by atoms with Gasteiger partial charge in [-0.1, -0.05) is 44.2 Å². The van der Waals surface area contributed by atoms with Crippen molar-refractivity contribution in [1.29, 1.82) is 0 Å². The molecule has 7 nitrogen and oxygen atoms in total. The molecule has 0 fully saturated rings. The first-order valence-electron chi connectivity index (χ1n) is 14.4. The summed E-state index contributed by atoms with van der Waals surface area (Å²) in [5, 5.41) is 6.98. The molecular weight excluding hydrogens is 556 g/mol. The van der Waals surface area contributed by atoms with Crippen molar-refractivity contribution < 1.29 is 14.3 Å². The minimum Gasteiger partial charge on any atom is -0.456 e. The van der Waals surface area contributed by atoms with Crippen molar-refractivity contribution in [3.63, 3.8) is 0 Å². The number of carbonyl (C=O) groups excluding carboxylic acids is 1. The molecule has 2 aliphatic rings. The lowest BCUT2D eigenvalue weighted by atomic mass is 9.77. The van der Waals surface area contributed by atoms with Crippen molar-refractivity contribution >= 4 is 40.4 Å². The van der Waals surface area contributed by atoms with E-state index in [0.29, 0.717) is 40.3 Å². The number of hydrogen-bond acceptors (Lipinski definition) is 6. The van der Waals surface area contributed by atoms with E-state index in [9.17, 15) is 4.79 Å². The number of esters is 1. The number of rotatable bonds is 6. The van der Waals surface area contributed by atoms with Gasteiger partial charge in [0.25, 0.3) is 0 Å². The van der Waals surface area contributed by atoms with E-state index in [0.717, 1.165) is 33.6 Å². The Kier molecular flexibility index (Phi) is 7.26. The normalized spacial score (nSPS) is 13.9. The Morgan fingerprint density at radius 3 is 1.95 bits per heavy atom. The summed E-state index contributed by atoms with van der Waals surface area (Å²) in [6.07, 6.45) is 0. The molecule has 0 saturated carbocycles. The highest BCUT2D eigenvalue weighted by Gasteiger charge is 2.53. The van der Waals surface area contributed by atoms with Crippen molar-refractivity contribution in [3.8, 4) is 11.5 Å². The second-order valence-electron chi connectivity index (χ2n) is 11.8. The lowest BCUT2D eigenvalue weighted by Crippen LogP contribution is -2.33. The van der Waals surface area contributed by atoms with Gasteiger partial charge < -0.3 is 29.9 Å². The van der Waals surface area contributed by atoms with Crippen LogP contribution in [0.25, 0.3) is 0 Å². The van der Waals surface area contributed by atoms with Crippen LogP contribution in [0.1, 0.15) is 57.9 Å². The van der Waals surface area contributed by atoms with Crippen LogP contribution in [0.4, 0.5) is 17.1 Å². The third-order valence-corrected chi connectivity index (χ3v) is 8.41. The molecule has 2 heterocycles. The van der Waals surface area contributed by atoms with Crippen LogP contribution < -0.4 is 25.2 Å². The summed E-state index contributed by atoms with van der Waals surface area (Å²) in [6, 6.07) is 26.2. The molecule has 0 radical (unpaired) electrons. The van der Waals surface area contributed by atoms with Crippen LogP contribution >= 0.6 is 12.2 Å². The number of carbonyl (C=O) groups is 1. The van der Waals surface area contributed by atoms with Crippen LogP contribution in [0.3, 0.4) is 0 Å². The van der Waals surface area contributed by atoms with E-state index in [1.54, 1.807) is 0 Å². The van der Waals surface area contributed by atoms with Gasteiger partial charge in [-0.3, -0.25) is 0 Å². The molecule has 0 aromatic heterocycles. The molecule has 0 aliphatic carbocycles. The van der Waals surface area contributed by atoms with Gasteiger partial charge in [0.15, 0.2) is 10.7 Å². The van der Waals surface area contributed by atoms with Crippen LogP contribution in [0.5, 0.6) is 11.5 Å². The average Bonchev–Trinajstić information content (AvgIpc) is 3.27. The third-order valence-electron chi connectivity index (χ3n) is 8.16. The van der Waals surface area contributed by atoms with Gasteiger partial charge in [-0.15, -0.1) is 0 Å². The van der Waals surface area contributed by atoms with Crippen molar-refractivity contribution in [3.05, 3.63) is 112 Å². The van der Waals surface area contributed by atoms with E-state index in [2.05, 4.69) is 48.7 Å². The Morgan fingerprint density at radius 2 is 1.40 bits per heavy atom. The Balaban J connectivity index is 1.33. The third kappa shape index (κ3) is 5.06. The SMILES string of the molecule is CC(C)c1ccc(CNC(=S)Nc2ccc3c(c2)C(=O)OC32c3ccc(N(C)C)cc3Oc3cc(N(C)C)ccc32)cc1. The summed E-state index contributed by atoms with van der Waals surface area (Å²) in [7, 11) is 7.94. The van der Waals surface area contributed by atoms with E-state index < -0.39 is 11.6 Å². The summed E-state index contributed by atoms with van der Waals surface area (Å²) >= 11 is 5.59. The maximum Gasteiger partial charge on any atom is 0.340 e. The summed E-state index contributed by atoms with van der Waals surface area (Å²) in [4.78, 5) is 17.6. The quantitative estimate of drug-likeness (QED) is 0.183. The van der Waals surface area contributed by atoms with Crippen molar-refractivity contribution in [2.75, 3.05) is 43.3 Å². The van der Waals surface area contributed by atoms with E-state index in [-0.39, 0.29) is 0 Å². The van der Waals surface area contributed by atoms with Crippen molar-refractivity contribution in [2.24, 2.45) is 0 Å². The van der Waals surface area contributed by atoms with E-state index in [1.807, 2.05) is 92.6 Å². The largest absolute Gasteiger partial charge is 0.456 e. The Hall–Kier alpha value is -4.56. The molecule has 4 aromatic carbocycles. The number of anilines is 3. The monoisotopic (exact) mass is 592 g/mol. The maximum absolute atomic E-state index is 13.6. The lowest BCUT2D eigenvalue weighted by Gasteiger charge is -2.37. The second-order valence-corrected chi connectivity index (χ2v) is 12.2. The molecule has 4 aromatic rings. The minimum absolute atomic E-state index is 0.394. The number of nitrogens with one attached hydrogen (secondary N) is 2. The molecule has 0 amide bonds. The molecule has 0 atom stereocenters. The zero-order chi connectivity index (χ0) is 30.5. The van der Waals surface area contributed by atoms with E-state index in [1.165, 1.54) is 5.56 Å². The van der Waals surface area contributed by atoms with Crippen LogP contribution in [0, 0.1) is 0 Å². The van der Waals surface area contributed by atoms with Gasteiger partial charge in [0.05, 0.1) is 5.56 Å². The number of hydrogen-bond donors (Lipinski definition) is 2. The topological polar surface area (TPSA) is 66.1 Å². The molecule has 2 N–H and O–H groups in total. The molecule has 0 bridgehead atoms. The molecule has 0 unspecified atom stereocenters. The van der Waals surface area contributed by atoms with Crippen molar-refractivity contribution in [1.82, 2.24) is 5.32 Å². The van der Waals surface area contributed by atoms with Gasteiger partial charge in [-0.05, 0) is 65.7 Å². The molecule has 220 valence electrons. The van der Waals surface area contributed by atoms with Crippen molar-refractivity contribution in [2.45, 2.75) is 31.9 Å².